The van der Waals surface area contributed by atoms with E-state index in [1.165, 1.54) is 4.90 Å². The number of nitrogens with one attached hydrogen (secondary N) is 1. The quantitative estimate of drug-likeness (QED) is 0.602. The van der Waals surface area contributed by atoms with Crippen molar-refractivity contribution in [3.8, 4) is 11.4 Å². The van der Waals surface area contributed by atoms with Gasteiger partial charge in [-0.2, -0.15) is 5.10 Å². The third kappa shape index (κ3) is 5.35. The summed E-state index contributed by atoms with van der Waals surface area (Å²) in [6, 6.07) is 18.4. The van der Waals surface area contributed by atoms with Crippen LogP contribution < -0.4 is 10.1 Å². The molecule has 3 aromatic rings. The number of hydrogen-bond acceptors (Lipinski definition) is 4. The summed E-state index contributed by atoms with van der Waals surface area (Å²) in [4.78, 5) is 27.3. The van der Waals surface area contributed by atoms with Crippen LogP contribution in [0.2, 0.25) is 0 Å². The Morgan fingerprint density at radius 2 is 1.72 bits per heavy atom. The van der Waals surface area contributed by atoms with E-state index in [0.717, 1.165) is 11.4 Å². The van der Waals surface area contributed by atoms with Gasteiger partial charge in [0.05, 0.1) is 18.5 Å². The first-order valence-corrected chi connectivity index (χ1v) is 10.6. The lowest BCUT2D eigenvalue weighted by molar-refractivity contribution is -0.116. The molecule has 2 amide bonds. The van der Waals surface area contributed by atoms with Gasteiger partial charge in [0.15, 0.2) is 0 Å². The minimum Gasteiger partial charge on any atom is -0.497 e. The van der Waals surface area contributed by atoms with E-state index in [0.29, 0.717) is 23.7 Å². The lowest BCUT2D eigenvalue weighted by Crippen LogP contribution is -2.38. The number of hydrogen-bond donors (Lipinski definition) is 1. The number of amides is 2. The fraction of sp³-hybridized carbons (Fsp3) is 0.320. The number of para-hydroxylation sites is 1. The predicted octanol–water partition coefficient (Wildman–Crippen LogP) is 4.28. The van der Waals surface area contributed by atoms with Crippen molar-refractivity contribution < 1.29 is 14.3 Å². The third-order valence-electron chi connectivity index (χ3n) is 5.09. The van der Waals surface area contributed by atoms with Crippen LogP contribution in [0, 0.1) is 0 Å². The molecule has 0 bridgehead atoms. The van der Waals surface area contributed by atoms with Crippen LogP contribution in [0.4, 0.5) is 5.82 Å². The van der Waals surface area contributed by atoms with Gasteiger partial charge in [-0.15, -0.1) is 0 Å². The lowest BCUT2D eigenvalue weighted by Gasteiger charge is -2.20. The zero-order valence-electron chi connectivity index (χ0n) is 19.3. The number of nitrogens with zero attached hydrogens (tertiary/aromatic N) is 3. The first kappa shape index (κ1) is 23.1. The Morgan fingerprint density at radius 3 is 2.28 bits per heavy atom. The van der Waals surface area contributed by atoms with Gasteiger partial charge in [0, 0.05) is 23.6 Å². The summed E-state index contributed by atoms with van der Waals surface area (Å²) in [6.07, 6.45) is 0. The molecule has 0 atom stereocenters. The Kier molecular flexibility index (Phi) is 6.98. The van der Waals surface area contributed by atoms with Gasteiger partial charge in [0.1, 0.15) is 18.1 Å². The molecular weight excluding hydrogens is 404 g/mol. The maximum atomic E-state index is 12.9. The Bertz CT molecular complexity index is 1070. The van der Waals surface area contributed by atoms with Crippen molar-refractivity contribution in [2.45, 2.75) is 33.1 Å². The smallest absolute Gasteiger partial charge is 0.254 e. The van der Waals surface area contributed by atoms with Gasteiger partial charge < -0.3 is 15.0 Å². The molecule has 2 aromatic carbocycles. The van der Waals surface area contributed by atoms with Crippen LogP contribution in [0.25, 0.3) is 5.69 Å². The van der Waals surface area contributed by atoms with Gasteiger partial charge in [-0.05, 0) is 43.3 Å². The molecule has 0 radical (unpaired) electrons. The highest BCUT2D eigenvalue weighted by molar-refractivity contribution is 5.99. The second-order valence-corrected chi connectivity index (χ2v) is 8.51. The molecule has 168 valence electrons. The molecule has 0 unspecified atom stereocenters. The number of likely N-dealkylation sites (N-methyl/N-ethyl adjacent to an activating group) is 1. The van der Waals surface area contributed by atoms with Crippen molar-refractivity contribution in [1.29, 1.82) is 0 Å². The largest absolute Gasteiger partial charge is 0.497 e. The SMILES string of the molecule is CCN(CC(=O)Nc1cc(C(C)(C)C)nn1-c1ccccc1)C(=O)c1ccc(OC)cc1. The third-order valence-corrected chi connectivity index (χ3v) is 5.09. The maximum absolute atomic E-state index is 12.9. The topological polar surface area (TPSA) is 76.5 Å². The lowest BCUT2D eigenvalue weighted by atomic mass is 9.92. The van der Waals surface area contributed by atoms with Crippen LogP contribution in [0.1, 0.15) is 43.7 Å². The Labute approximate surface area is 189 Å². The second-order valence-electron chi connectivity index (χ2n) is 8.51. The Balaban J connectivity index is 1.79. The Hall–Kier alpha value is -3.61. The molecule has 0 fully saturated rings. The van der Waals surface area contributed by atoms with Crippen molar-refractivity contribution >= 4 is 17.6 Å². The van der Waals surface area contributed by atoms with Crippen LogP contribution in [0.5, 0.6) is 5.75 Å². The monoisotopic (exact) mass is 434 g/mol. The molecule has 0 aliphatic carbocycles. The van der Waals surface area contributed by atoms with E-state index in [1.807, 2.05) is 43.3 Å². The van der Waals surface area contributed by atoms with Crippen LogP contribution in [0.15, 0.2) is 60.7 Å². The van der Waals surface area contributed by atoms with Crippen molar-refractivity contribution in [2.24, 2.45) is 0 Å². The maximum Gasteiger partial charge on any atom is 0.254 e. The van der Waals surface area contributed by atoms with E-state index in [9.17, 15) is 9.59 Å². The molecule has 0 saturated carbocycles. The van der Waals surface area contributed by atoms with Crippen molar-refractivity contribution in [3.05, 3.63) is 71.9 Å². The second kappa shape index (κ2) is 9.68. The molecule has 0 aliphatic rings. The summed E-state index contributed by atoms with van der Waals surface area (Å²) < 4.78 is 6.87. The summed E-state index contributed by atoms with van der Waals surface area (Å²) in [7, 11) is 1.57. The fourth-order valence-electron chi connectivity index (χ4n) is 3.20. The summed E-state index contributed by atoms with van der Waals surface area (Å²) >= 11 is 0. The zero-order chi connectivity index (χ0) is 23.3. The molecule has 32 heavy (non-hydrogen) atoms. The van der Waals surface area contributed by atoms with Gasteiger partial charge in [0.2, 0.25) is 5.91 Å². The minimum atomic E-state index is -0.286. The Morgan fingerprint density at radius 1 is 1.06 bits per heavy atom. The zero-order valence-corrected chi connectivity index (χ0v) is 19.3. The standard InChI is InChI=1S/C25H30N4O3/c1-6-28(24(31)18-12-14-20(32-5)15-13-18)17-23(30)26-22-16-21(25(2,3)4)27-29(22)19-10-8-7-9-11-19/h7-16H,6,17H2,1-5H3,(H,26,30). The van der Waals surface area contributed by atoms with Gasteiger partial charge in [0.25, 0.3) is 5.91 Å². The highest BCUT2D eigenvalue weighted by atomic mass is 16.5. The summed E-state index contributed by atoms with van der Waals surface area (Å²) in [5, 5.41) is 7.65. The van der Waals surface area contributed by atoms with E-state index in [-0.39, 0.29) is 23.8 Å². The van der Waals surface area contributed by atoms with E-state index in [2.05, 4.69) is 26.1 Å². The molecule has 0 saturated heterocycles. The van der Waals surface area contributed by atoms with Crippen LogP contribution in [0.3, 0.4) is 0 Å². The predicted molar refractivity (Wildman–Crippen MR) is 125 cm³/mol. The van der Waals surface area contributed by atoms with Crippen LogP contribution >= 0.6 is 0 Å². The first-order valence-electron chi connectivity index (χ1n) is 10.6. The number of carbonyl (C=O) groups is 2. The number of rotatable bonds is 7. The summed E-state index contributed by atoms with van der Waals surface area (Å²) in [5.41, 5.74) is 2.03. The van der Waals surface area contributed by atoms with E-state index < -0.39 is 0 Å². The number of methoxy groups -OCH3 is 1. The number of aromatic nitrogens is 2. The highest BCUT2D eigenvalue weighted by Crippen LogP contribution is 2.26. The molecule has 0 aliphatic heterocycles. The van der Waals surface area contributed by atoms with E-state index >= 15 is 0 Å². The highest BCUT2D eigenvalue weighted by Gasteiger charge is 2.23. The average Bonchev–Trinajstić information content (AvgIpc) is 3.22. The number of benzene rings is 2. The van der Waals surface area contributed by atoms with Crippen molar-refractivity contribution in [1.82, 2.24) is 14.7 Å². The average molecular weight is 435 g/mol. The number of ether oxygens (including phenoxy) is 1. The minimum absolute atomic E-state index is 0.0633. The molecule has 1 N–H and O–H groups in total. The number of anilines is 1. The van der Waals surface area contributed by atoms with Gasteiger partial charge in [-0.1, -0.05) is 39.0 Å². The summed E-state index contributed by atoms with van der Waals surface area (Å²) in [6.45, 7) is 8.41. The molecule has 7 heteroatoms. The molecule has 3 rings (SSSR count). The molecule has 1 heterocycles. The van der Waals surface area contributed by atoms with E-state index in [4.69, 9.17) is 9.84 Å². The van der Waals surface area contributed by atoms with Crippen LogP contribution in [-0.2, 0) is 10.2 Å². The van der Waals surface area contributed by atoms with Crippen molar-refractivity contribution in [2.75, 3.05) is 25.5 Å². The molecule has 7 nitrogen and oxygen atoms in total. The number of carbonyl (C=O) groups excluding carboxylic acids is 2. The van der Waals surface area contributed by atoms with E-state index in [1.54, 1.807) is 36.1 Å². The molecule has 1 aromatic heterocycles. The normalized spacial score (nSPS) is 11.2. The summed E-state index contributed by atoms with van der Waals surface area (Å²) in [5.74, 6) is 0.744. The molecular formula is C25H30N4O3. The van der Waals surface area contributed by atoms with Crippen molar-refractivity contribution in [3.63, 3.8) is 0 Å². The van der Waals surface area contributed by atoms with Crippen LogP contribution in [-0.4, -0.2) is 46.7 Å². The first-order chi connectivity index (χ1) is 15.2. The van der Waals surface area contributed by atoms with Gasteiger partial charge in [-0.25, -0.2) is 4.68 Å². The van der Waals surface area contributed by atoms with Gasteiger partial charge >= 0.3 is 0 Å². The fourth-order valence-corrected chi connectivity index (χ4v) is 3.20. The molecule has 0 spiro atoms. The van der Waals surface area contributed by atoms with Gasteiger partial charge in [-0.3, -0.25) is 9.59 Å².